The van der Waals surface area contributed by atoms with Gasteiger partial charge in [0.25, 0.3) is 0 Å². The number of aryl methyl sites for hydroxylation is 1. The van der Waals surface area contributed by atoms with Gasteiger partial charge >= 0.3 is 12.3 Å². The lowest BCUT2D eigenvalue weighted by molar-refractivity contribution is -0.141. The molecule has 1 aliphatic heterocycles. The monoisotopic (exact) mass is 305 g/mol. The van der Waals surface area contributed by atoms with Crippen LogP contribution in [-0.4, -0.2) is 32.3 Å². The van der Waals surface area contributed by atoms with Gasteiger partial charge in [-0.25, -0.2) is 9.78 Å². The van der Waals surface area contributed by atoms with Gasteiger partial charge in [-0.05, 0) is 27.7 Å². The lowest BCUT2D eigenvalue weighted by Crippen LogP contribution is -2.34. The molecule has 0 unspecified atom stereocenters. The van der Waals surface area contributed by atoms with Crippen molar-refractivity contribution in [2.24, 2.45) is 0 Å². The number of ether oxygens (including phenoxy) is 1. The Bertz CT molecular complexity index is 558. The summed E-state index contributed by atoms with van der Waals surface area (Å²) in [5, 5.41) is 0. The molecular weight excluding hydrogens is 287 g/mol. The van der Waals surface area contributed by atoms with Gasteiger partial charge in [-0.3, -0.25) is 4.90 Å². The summed E-state index contributed by atoms with van der Waals surface area (Å²) in [7, 11) is 0. The van der Waals surface area contributed by atoms with Gasteiger partial charge in [-0.15, -0.1) is 0 Å². The number of imidazole rings is 1. The predicted molar refractivity (Wildman–Crippen MR) is 68.5 cm³/mol. The first-order valence-electron chi connectivity index (χ1n) is 6.56. The molecule has 2 rings (SSSR count). The molecule has 0 bridgehead atoms. The van der Waals surface area contributed by atoms with Crippen LogP contribution in [-0.2, 0) is 24.4 Å². The minimum absolute atomic E-state index is 0.0845. The minimum Gasteiger partial charge on any atom is -0.444 e. The number of alkyl halides is 3. The second kappa shape index (κ2) is 4.92. The number of nitrogens with zero attached hydrogens (tertiary/aromatic N) is 3. The Labute approximate surface area is 120 Å². The lowest BCUT2D eigenvalue weighted by Gasteiger charge is -2.24. The minimum atomic E-state index is -4.32. The fraction of sp³-hybridized carbons (Fsp3) is 0.692. The first-order chi connectivity index (χ1) is 9.46. The number of halogens is 3. The van der Waals surface area contributed by atoms with Crippen LogP contribution in [0.3, 0.4) is 0 Å². The molecule has 1 aliphatic rings. The van der Waals surface area contributed by atoms with Crippen molar-refractivity contribution in [3.8, 4) is 0 Å². The highest BCUT2D eigenvalue weighted by atomic mass is 19.4. The molecule has 1 aromatic heterocycles. The zero-order valence-electron chi connectivity index (χ0n) is 12.4. The van der Waals surface area contributed by atoms with Crippen molar-refractivity contribution in [2.45, 2.75) is 59.1 Å². The molecule has 0 N–H and O–H groups in total. The van der Waals surface area contributed by atoms with E-state index >= 15 is 0 Å². The van der Waals surface area contributed by atoms with E-state index in [-0.39, 0.29) is 13.1 Å². The lowest BCUT2D eigenvalue weighted by atomic mass is 10.2. The van der Waals surface area contributed by atoms with Crippen LogP contribution in [0.25, 0.3) is 0 Å². The van der Waals surface area contributed by atoms with Crippen LogP contribution in [0.4, 0.5) is 18.0 Å². The molecule has 0 fully saturated rings. The second-order valence-corrected chi connectivity index (χ2v) is 6.09. The molecule has 8 heteroatoms. The number of aromatic nitrogens is 2. The highest BCUT2D eigenvalue weighted by Gasteiger charge is 2.35. The first-order valence-corrected chi connectivity index (χ1v) is 6.56. The Hall–Kier alpha value is -1.73. The van der Waals surface area contributed by atoms with Gasteiger partial charge in [0.2, 0.25) is 0 Å². The Morgan fingerprint density at radius 3 is 2.43 bits per heavy atom. The Kier molecular flexibility index (Phi) is 3.67. The maximum atomic E-state index is 12.6. The molecule has 118 valence electrons. The first kappa shape index (κ1) is 15.7. The maximum absolute atomic E-state index is 12.6. The SMILES string of the molecule is Cc1nc2c(n1CC(F)(F)F)CN(C(=O)OC(C)(C)C)C2. The van der Waals surface area contributed by atoms with E-state index in [1.807, 2.05) is 0 Å². The van der Waals surface area contributed by atoms with Gasteiger partial charge < -0.3 is 9.30 Å². The number of hydrogen-bond donors (Lipinski definition) is 0. The Morgan fingerprint density at radius 1 is 1.29 bits per heavy atom. The van der Waals surface area contributed by atoms with Crippen LogP contribution in [0, 0.1) is 6.92 Å². The number of carbonyl (C=O) groups excluding carboxylic acids is 1. The highest BCUT2D eigenvalue weighted by molar-refractivity contribution is 5.69. The summed E-state index contributed by atoms with van der Waals surface area (Å²) in [4.78, 5) is 17.4. The van der Waals surface area contributed by atoms with Crippen LogP contribution >= 0.6 is 0 Å². The zero-order chi connectivity index (χ0) is 16.0. The molecule has 1 aromatic rings. The third-order valence-electron chi connectivity index (χ3n) is 3.02. The number of amides is 1. The van der Waals surface area contributed by atoms with Crippen molar-refractivity contribution in [3.05, 3.63) is 17.2 Å². The maximum Gasteiger partial charge on any atom is 0.410 e. The van der Waals surface area contributed by atoms with E-state index in [1.54, 1.807) is 20.8 Å². The van der Waals surface area contributed by atoms with Gasteiger partial charge in [-0.1, -0.05) is 0 Å². The molecule has 0 aliphatic carbocycles. The van der Waals surface area contributed by atoms with E-state index in [1.165, 1.54) is 11.8 Å². The predicted octanol–water partition coefficient (Wildman–Crippen LogP) is 3.00. The number of carbonyl (C=O) groups is 1. The molecule has 2 heterocycles. The fourth-order valence-corrected chi connectivity index (χ4v) is 2.24. The summed E-state index contributed by atoms with van der Waals surface area (Å²) < 4.78 is 44.1. The van der Waals surface area contributed by atoms with E-state index in [2.05, 4.69) is 4.98 Å². The average molecular weight is 305 g/mol. The average Bonchev–Trinajstić information content (AvgIpc) is 2.75. The summed E-state index contributed by atoms with van der Waals surface area (Å²) in [6.07, 6.45) is -4.87. The number of fused-ring (bicyclic) bond motifs is 1. The molecule has 5 nitrogen and oxygen atoms in total. The Morgan fingerprint density at radius 2 is 1.90 bits per heavy atom. The van der Waals surface area contributed by atoms with Crippen molar-refractivity contribution >= 4 is 6.09 Å². The second-order valence-electron chi connectivity index (χ2n) is 6.09. The van der Waals surface area contributed by atoms with Crippen LogP contribution in [0.1, 0.15) is 38.0 Å². The smallest absolute Gasteiger partial charge is 0.410 e. The summed E-state index contributed by atoms with van der Waals surface area (Å²) in [5.74, 6) is 0.307. The van der Waals surface area contributed by atoms with Gasteiger partial charge in [0.05, 0.1) is 24.5 Å². The molecular formula is C13H18F3N3O2. The van der Waals surface area contributed by atoms with E-state index in [0.29, 0.717) is 17.2 Å². The Balaban J connectivity index is 2.15. The number of hydrogen-bond acceptors (Lipinski definition) is 3. The molecule has 21 heavy (non-hydrogen) atoms. The highest BCUT2D eigenvalue weighted by Crippen LogP contribution is 2.28. The molecule has 0 saturated heterocycles. The molecule has 1 amide bonds. The molecule has 0 aromatic carbocycles. The van der Waals surface area contributed by atoms with Crippen molar-refractivity contribution in [1.29, 1.82) is 0 Å². The molecule has 0 saturated carbocycles. The topological polar surface area (TPSA) is 47.4 Å². The van der Waals surface area contributed by atoms with Crippen LogP contribution in [0.2, 0.25) is 0 Å². The molecule has 0 radical (unpaired) electrons. The van der Waals surface area contributed by atoms with E-state index in [0.717, 1.165) is 4.57 Å². The van der Waals surface area contributed by atoms with E-state index in [9.17, 15) is 18.0 Å². The fourth-order valence-electron chi connectivity index (χ4n) is 2.24. The quantitative estimate of drug-likeness (QED) is 0.801. The van der Waals surface area contributed by atoms with Crippen LogP contribution < -0.4 is 0 Å². The van der Waals surface area contributed by atoms with E-state index in [4.69, 9.17) is 4.74 Å². The van der Waals surface area contributed by atoms with Crippen LogP contribution in [0.5, 0.6) is 0 Å². The van der Waals surface area contributed by atoms with Crippen molar-refractivity contribution in [3.63, 3.8) is 0 Å². The van der Waals surface area contributed by atoms with Crippen LogP contribution in [0.15, 0.2) is 0 Å². The number of rotatable bonds is 1. The normalized spacial score (nSPS) is 15.3. The van der Waals surface area contributed by atoms with Gasteiger partial charge in [0.15, 0.2) is 0 Å². The van der Waals surface area contributed by atoms with Crippen molar-refractivity contribution in [2.75, 3.05) is 0 Å². The van der Waals surface area contributed by atoms with Gasteiger partial charge in [-0.2, -0.15) is 13.2 Å². The standard InChI is InChI=1S/C13H18F3N3O2/c1-8-17-9-5-18(11(20)21-12(2,3)4)6-10(9)19(8)7-13(14,15)16/h5-7H2,1-4H3. The largest absolute Gasteiger partial charge is 0.444 e. The van der Waals surface area contributed by atoms with E-state index < -0.39 is 24.4 Å². The summed E-state index contributed by atoms with van der Waals surface area (Å²) in [6.45, 7) is 5.91. The van der Waals surface area contributed by atoms with Gasteiger partial charge in [0, 0.05) is 0 Å². The molecule has 0 atom stereocenters. The zero-order valence-corrected chi connectivity index (χ0v) is 12.4. The van der Waals surface area contributed by atoms with Gasteiger partial charge in [0.1, 0.15) is 18.0 Å². The third-order valence-corrected chi connectivity index (χ3v) is 3.02. The summed E-state index contributed by atoms with van der Waals surface area (Å²) in [6, 6.07) is 0. The molecule has 0 spiro atoms. The van der Waals surface area contributed by atoms with Crippen molar-refractivity contribution in [1.82, 2.24) is 14.5 Å². The third kappa shape index (κ3) is 3.68. The van der Waals surface area contributed by atoms with Crippen molar-refractivity contribution < 1.29 is 22.7 Å². The summed E-state index contributed by atoms with van der Waals surface area (Å²) in [5.41, 5.74) is 0.285. The summed E-state index contributed by atoms with van der Waals surface area (Å²) >= 11 is 0.